The molecule has 0 aliphatic rings. The highest BCUT2D eigenvalue weighted by molar-refractivity contribution is 5.91. The van der Waals surface area contributed by atoms with Crippen LogP contribution in [-0.4, -0.2) is 13.0 Å². The van der Waals surface area contributed by atoms with Crippen molar-refractivity contribution in [3.8, 4) is 0 Å². The van der Waals surface area contributed by atoms with E-state index < -0.39 is 11.7 Å². The van der Waals surface area contributed by atoms with Crippen LogP contribution in [0.25, 0.3) is 0 Å². The van der Waals surface area contributed by atoms with E-state index in [1.165, 1.54) is 19.2 Å². The number of ether oxygens (including phenoxy) is 1. The molecule has 0 saturated heterocycles. The summed E-state index contributed by atoms with van der Waals surface area (Å²) < 4.78 is 41.2. The van der Waals surface area contributed by atoms with Crippen molar-refractivity contribution < 1.29 is 17.9 Å². The minimum atomic E-state index is -4.38. The number of benzene rings is 1. The molecule has 0 spiro atoms. The average Bonchev–Trinajstić information content (AvgIpc) is 2.15. The van der Waals surface area contributed by atoms with Gasteiger partial charge in [-0.25, -0.2) is 0 Å². The van der Waals surface area contributed by atoms with Gasteiger partial charge in [-0.1, -0.05) is 6.07 Å². The van der Waals surface area contributed by atoms with Crippen molar-refractivity contribution in [2.75, 3.05) is 7.11 Å². The topological polar surface area (TPSA) is 33.1 Å². The van der Waals surface area contributed by atoms with Crippen LogP contribution in [-0.2, 0) is 10.9 Å². The molecule has 0 aliphatic heterocycles. The SMILES string of the molecule is COC(=N)c1cccc(C(F)(F)F)c1.Cl. The lowest BCUT2D eigenvalue weighted by Gasteiger charge is -2.08. The minimum absolute atomic E-state index is 0. The molecule has 1 aromatic carbocycles. The van der Waals surface area contributed by atoms with Gasteiger partial charge < -0.3 is 4.74 Å². The molecular weight excluding hydrogens is 231 g/mol. The molecule has 1 N–H and O–H groups in total. The van der Waals surface area contributed by atoms with E-state index in [1.807, 2.05) is 0 Å². The van der Waals surface area contributed by atoms with Gasteiger partial charge in [-0.3, -0.25) is 5.41 Å². The average molecular weight is 240 g/mol. The predicted octanol–water partition coefficient (Wildman–Crippen LogP) is 3.10. The van der Waals surface area contributed by atoms with Crippen LogP contribution in [0.3, 0.4) is 0 Å². The van der Waals surface area contributed by atoms with E-state index in [4.69, 9.17) is 5.41 Å². The zero-order valence-electron chi connectivity index (χ0n) is 7.76. The molecule has 0 amide bonds. The fourth-order valence-corrected chi connectivity index (χ4v) is 0.955. The third-order valence-electron chi connectivity index (χ3n) is 1.66. The standard InChI is InChI=1S/C9H8F3NO.ClH/c1-14-8(13)6-3-2-4-7(5-6)9(10,11)12;/h2-5,13H,1H3;1H. The summed E-state index contributed by atoms with van der Waals surface area (Å²) in [5.74, 6) is -0.281. The second kappa shape index (κ2) is 5.02. The number of nitrogens with one attached hydrogen (secondary N) is 1. The van der Waals surface area contributed by atoms with Crippen molar-refractivity contribution in [2.24, 2.45) is 0 Å². The quantitative estimate of drug-likeness (QED) is 0.593. The lowest BCUT2D eigenvalue weighted by molar-refractivity contribution is -0.137. The Bertz CT molecular complexity index is 351. The van der Waals surface area contributed by atoms with Gasteiger partial charge in [-0.05, 0) is 18.2 Å². The van der Waals surface area contributed by atoms with Gasteiger partial charge >= 0.3 is 6.18 Å². The van der Waals surface area contributed by atoms with E-state index in [1.54, 1.807) is 0 Å². The van der Waals surface area contributed by atoms with Crippen LogP contribution in [0.4, 0.5) is 13.2 Å². The van der Waals surface area contributed by atoms with Crippen molar-refractivity contribution in [2.45, 2.75) is 6.18 Å². The summed E-state index contributed by atoms with van der Waals surface area (Å²) >= 11 is 0. The highest BCUT2D eigenvalue weighted by Gasteiger charge is 2.30. The van der Waals surface area contributed by atoms with E-state index in [-0.39, 0.29) is 23.9 Å². The third kappa shape index (κ3) is 3.43. The van der Waals surface area contributed by atoms with Crippen LogP contribution >= 0.6 is 12.4 Å². The van der Waals surface area contributed by atoms with E-state index in [2.05, 4.69) is 4.74 Å². The van der Waals surface area contributed by atoms with E-state index in [0.29, 0.717) is 0 Å². The van der Waals surface area contributed by atoms with Crippen LogP contribution in [0.5, 0.6) is 0 Å². The molecule has 0 unspecified atom stereocenters. The number of methoxy groups -OCH3 is 1. The summed E-state index contributed by atoms with van der Waals surface area (Å²) in [5.41, 5.74) is -0.667. The van der Waals surface area contributed by atoms with Gasteiger partial charge in [0.05, 0.1) is 12.7 Å². The van der Waals surface area contributed by atoms with Gasteiger partial charge in [0.25, 0.3) is 0 Å². The maximum Gasteiger partial charge on any atom is 0.416 e. The second-order valence-corrected chi connectivity index (χ2v) is 2.61. The first-order valence-corrected chi connectivity index (χ1v) is 3.75. The highest BCUT2D eigenvalue weighted by Crippen LogP contribution is 2.29. The number of rotatable bonds is 1. The van der Waals surface area contributed by atoms with Crippen LogP contribution in [0, 0.1) is 5.41 Å². The summed E-state index contributed by atoms with van der Waals surface area (Å²) in [5, 5.41) is 7.19. The normalized spacial score (nSPS) is 10.4. The molecule has 0 atom stereocenters. The van der Waals surface area contributed by atoms with E-state index >= 15 is 0 Å². The summed E-state index contributed by atoms with van der Waals surface area (Å²) in [6.07, 6.45) is -4.38. The number of hydrogen-bond acceptors (Lipinski definition) is 2. The van der Waals surface area contributed by atoms with E-state index in [9.17, 15) is 13.2 Å². The van der Waals surface area contributed by atoms with Crippen LogP contribution < -0.4 is 0 Å². The van der Waals surface area contributed by atoms with Gasteiger partial charge in [0.1, 0.15) is 0 Å². The summed E-state index contributed by atoms with van der Waals surface area (Å²) in [6, 6.07) is 4.46. The smallest absolute Gasteiger partial charge is 0.416 e. The molecule has 2 nitrogen and oxygen atoms in total. The van der Waals surface area contributed by atoms with Gasteiger partial charge in [0.15, 0.2) is 0 Å². The third-order valence-corrected chi connectivity index (χ3v) is 1.66. The maximum absolute atomic E-state index is 12.2. The van der Waals surface area contributed by atoms with Crippen molar-refractivity contribution in [1.82, 2.24) is 0 Å². The molecule has 84 valence electrons. The molecule has 0 radical (unpaired) electrons. The molecule has 0 bridgehead atoms. The first-order chi connectivity index (χ1) is 6.45. The van der Waals surface area contributed by atoms with Crippen molar-refractivity contribution in [3.63, 3.8) is 0 Å². The fourth-order valence-electron chi connectivity index (χ4n) is 0.955. The zero-order chi connectivity index (χ0) is 10.8. The Morgan fingerprint density at radius 3 is 2.40 bits per heavy atom. The fraction of sp³-hybridized carbons (Fsp3) is 0.222. The van der Waals surface area contributed by atoms with Crippen molar-refractivity contribution >= 4 is 18.3 Å². The van der Waals surface area contributed by atoms with Crippen molar-refractivity contribution in [1.29, 1.82) is 5.41 Å². The Labute approximate surface area is 91.0 Å². The molecular formula is C9H9ClF3NO. The summed E-state index contributed by atoms with van der Waals surface area (Å²) in [6.45, 7) is 0. The Hall–Kier alpha value is -1.23. The molecule has 6 heteroatoms. The predicted molar refractivity (Wildman–Crippen MR) is 52.5 cm³/mol. The van der Waals surface area contributed by atoms with E-state index in [0.717, 1.165) is 12.1 Å². The molecule has 0 saturated carbocycles. The first kappa shape index (κ1) is 13.8. The van der Waals surface area contributed by atoms with Crippen molar-refractivity contribution in [3.05, 3.63) is 35.4 Å². The first-order valence-electron chi connectivity index (χ1n) is 3.75. The van der Waals surface area contributed by atoms with Gasteiger partial charge in [0.2, 0.25) is 5.90 Å². The second-order valence-electron chi connectivity index (χ2n) is 2.61. The summed E-state index contributed by atoms with van der Waals surface area (Å²) in [4.78, 5) is 0. The maximum atomic E-state index is 12.2. The van der Waals surface area contributed by atoms with Gasteiger partial charge in [0, 0.05) is 5.56 Å². The Kier molecular flexibility index (Phi) is 4.61. The Morgan fingerprint density at radius 1 is 1.33 bits per heavy atom. The highest BCUT2D eigenvalue weighted by atomic mass is 35.5. The lowest BCUT2D eigenvalue weighted by Crippen LogP contribution is -2.08. The number of hydrogen-bond donors (Lipinski definition) is 1. The molecule has 0 heterocycles. The molecule has 0 aliphatic carbocycles. The summed E-state index contributed by atoms with van der Waals surface area (Å²) in [7, 11) is 1.24. The van der Waals surface area contributed by atoms with Crippen LogP contribution in [0.15, 0.2) is 24.3 Å². The zero-order valence-corrected chi connectivity index (χ0v) is 8.58. The Morgan fingerprint density at radius 2 is 1.93 bits per heavy atom. The van der Waals surface area contributed by atoms with Gasteiger partial charge in [-0.2, -0.15) is 13.2 Å². The lowest BCUT2D eigenvalue weighted by atomic mass is 10.1. The monoisotopic (exact) mass is 239 g/mol. The molecule has 1 rings (SSSR count). The number of alkyl halides is 3. The number of halogens is 4. The largest absolute Gasteiger partial charge is 0.481 e. The van der Waals surface area contributed by atoms with Crippen LogP contribution in [0.1, 0.15) is 11.1 Å². The minimum Gasteiger partial charge on any atom is -0.481 e. The molecule has 1 aromatic rings. The molecule has 0 aromatic heterocycles. The molecule has 15 heavy (non-hydrogen) atoms. The molecule has 0 fully saturated rings. The van der Waals surface area contributed by atoms with Crippen LogP contribution in [0.2, 0.25) is 0 Å². The Balaban J connectivity index is 0.00000196. The van der Waals surface area contributed by atoms with Gasteiger partial charge in [-0.15, -0.1) is 12.4 Å².